The minimum atomic E-state index is -0.453. The minimum absolute atomic E-state index is 0.101. The molecule has 34 heavy (non-hydrogen) atoms. The summed E-state index contributed by atoms with van der Waals surface area (Å²) in [5.41, 5.74) is 3.14. The van der Waals surface area contributed by atoms with Crippen LogP contribution in [0.5, 0.6) is 0 Å². The van der Waals surface area contributed by atoms with E-state index in [1.165, 1.54) is 0 Å². The molecular formula is C26H20BrN3O3S. The molecule has 0 saturated heterocycles. The quantitative estimate of drug-likeness (QED) is 0.264. The number of rotatable bonds is 6. The molecule has 170 valence electrons. The van der Waals surface area contributed by atoms with E-state index in [1.54, 1.807) is 36.4 Å². The van der Waals surface area contributed by atoms with E-state index in [-0.39, 0.29) is 16.8 Å². The average Bonchev–Trinajstić information content (AvgIpc) is 3.32. The number of carbonyl (C=O) groups is 2. The number of furan rings is 1. The van der Waals surface area contributed by atoms with Gasteiger partial charge < -0.3 is 15.1 Å². The van der Waals surface area contributed by atoms with Crippen molar-refractivity contribution in [3.63, 3.8) is 0 Å². The molecule has 0 radical (unpaired) electrons. The van der Waals surface area contributed by atoms with Crippen LogP contribution in [-0.2, 0) is 11.2 Å². The molecule has 8 heteroatoms. The molecule has 4 aromatic rings. The lowest BCUT2D eigenvalue weighted by atomic mass is 10.1. The van der Waals surface area contributed by atoms with Crippen molar-refractivity contribution >= 4 is 56.4 Å². The van der Waals surface area contributed by atoms with Crippen molar-refractivity contribution in [2.75, 3.05) is 10.6 Å². The maximum Gasteiger partial charge on any atom is 0.293 e. The molecule has 0 bridgehead atoms. The molecule has 3 aromatic carbocycles. The van der Waals surface area contributed by atoms with Crippen molar-refractivity contribution in [1.29, 1.82) is 0 Å². The van der Waals surface area contributed by atoms with Gasteiger partial charge in [-0.05, 0) is 66.3 Å². The van der Waals surface area contributed by atoms with E-state index in [9.17, 15) is 9.59 Å². The summed E-state index contributed by atoms with van der Waals surface area (Å²) in [5, 5.41) is 8.54. The lowest BCUT2D eigenvalue weighted by Gasteiger charge is -2.10. The van der Waals surface area contributed by atoms with Gasteiger partial charge in [-0.1, -0.05) is 58.4 Å². The Labute approximate surface area is 210 Å². The minimum Gasteiger partial charge on any atom is -0.451 e. The molecule has 0 aliphatic rings. The number of hydrogen-bond donors (Lipinski definition) is 3. The molecule has 2 amide bonds. The predicted octanol–water partition coefficient (Wildman–Crippen LogP) is 6.02. The molecule has 1 aromatic heterocycles. The fourth-order valence-electron chi connectivity index (χ4n) is 3.18. The molecule has 1 heterocycles. The summed E-state index contributed by atoms with van der Waals surface area (Å²) in [7, 11) is 0. The third-order valence-electron chi connectivity index (χ3n) is 4.82. The normalized spacial score (nSPS) is 10.4. The van der Waals surface area contributed by atoms with Gasteiger partial charge in [-0.2, -0.15) is 0 Å². The van der Waals surface area contributed by atoms with Crippen LogP contribution in [0.15, 0.2) is 99.9 Å². The van der Waals surface area contributed by atoms with E-state index in [1.807, 2.05) is 54.6 Å². The monoisotopic (exact) mass is 533 g/mol. The second-order valence-corrected chi connectivity index (χ2v) is 8.69. The average molecular weight is 534 g/mol. The first-order valence-electron chi connectivity index (χ1n) is 10.4. The van der Waals surface area contributed by atoms with Gasteiger partial charge in [0.05, 0.1) is 6.42 Å². The van der Waals surface area contributed by atoms with Gasteiger partial charge in [-0.15, -0.1) is 0 Å². The second kappa shape index (κ2) is 10.9. The van der Waals surface area contributed by atoms with Gasteiger partial charge in [0.2, 0.25) is 5.91 Å². The van der Waals surface area contributed by atoms with Gasteiger partial charge in [0, 0.05) is 21.4 Å². The van der Waals surface area contributed by atoms with Crippen molar-refractivity contribution in [1.82, 2.24) is 5.32 Å². The molecule has 0 fully saturated rings. The van der Waals surface area contributed by atoms with E-state index >= 15 is 0 Å². The third-order valence-corrected chi connectivity index (χ3v) is 5.55. The van der Waals surface area contributed by atoms with Gasteiger partial charge >= 0.3 is 0 Å². The zero-order valence-electron chi connectivity index (χ0n) is 17.9. The molecule has 0 aliphatic heterocycles. The third kappa shape index (κ3) is 6.40. The van der Waals surface area contributed by atoms with Crippen LogP contribution in [0.25, 0.3) is 11.3 Å². The highest BCUT2D eigenvalue weighted by molar-refractivity contribution is 9.10. The van der Waals surface area contributed by atoms with E-state index in [4.69, 9.17) is 16.6 Å². The Morgan fingerprint density at radius 1 is 0.794 bits per heavy atom. The molecule has 6 nitrogen and oxygen atoms in total. The predicted molar refractivity (Wildman–Crippen MR) is 141 cm³/mol. The Morgan fingerprint density at radius 3 is 2.12 bits per heavy atom. The summed E-state index contributed by atoms with van der Waals surface area (Å²) in [4.78, 5) is 24.7. The summed E-state index contributed by atoms with van der Waals surface area (Å²) < 4.78 is 6.62. The summed E-state index contributed by atoms with van der Waals surface area (Å²) in [6.07, 6.45) is 0.299. The molecule has 0 spiro atoms. The van der Waals surface area contributed by atoms with Crippen LogP contribution in [-0.4, -0.2) is 16.9 Å². The van der Waals surface area contributed by atoms with Crippen LogP contribution in [0.1, 0.15) is 16.1 Å². The van der Waals surface area contributed by atoms with Crippen LogP contribution in [0.2, 0.25) is 0 Å². The highest BCUT2D eigenvalue weighted by Crippen LogP contribution is 2.24. The maximum atomic E-state index is 12.5. The molecule has 0 saturated carbocycles. The number of benzene rings is 3. The Balaban J connectivity index is 1.28. The lowest BCUT2D eigenvalue weighted by Crippen LogP contribution is -2.33. The Bertz CT molecular complexity index is 1300. The van der Waals surface area contributed by atoms with Crippen LogP contribution in [0.4, 0.5) is 11.4 Å². The first-order chi connectivity index (χ1) is 16.5. The van der Waals surface area contributed by atoms with E-state index in [2.05, 4.69) is 31.9 Å². The van der Waals surface area contributed by atoms with Crippen molar-refractivity contribution in [2.45, 2.75) is 6.42 Å². The molecule has 0 aliphatic carbocycles. The zero-order valence-corrected chi connectivity index (χ0v) is 20.3. The number of halogens is 1. The number of thiocarbonyl (C=S) groups is 1. The summed E-state index contributed by atoms with van der Waals surface area (Å²) in [6, 6.07) is 27.5. The highest BCUT2D eigenvalue weighted by Gasteiger charge is 2.14. The molecule has 4 rings (SSSR count). The van der Waals surface area contributed by atoms with Crippen LogP contribution in [0, 0.1) is 0 Å². The van der Waals surface area contributed by atoms with Gasteiger partial charge in [-0.25, -0.2) is 0 Å². The van der Waals surface area contributed by atoms with Gasteiger partial charge in [0.1, 0.15) is 5.76 Å². The number of nitrogens with one attached hydrogen (secondary N) is 3. The SMILES string of the molecule is O=C(Cc1ccccc1)Nc1ccc(NC(=S)NC(=O)c2ccc(-c3ccc(Br)cc3)o2)cc1. The van der Waals surface area contributed by atoms with Crippen LogP contribution >= 0.6 is 28.1 Å². The molecule has 3 N–H and O–H groups in total. The zero-order chi connectivity index (χ0) is 23.9. The van der Waals surface area contributed by atoms with Crippen molar-refractivity contribution in [3.8, 4) is 11.3 Å². The topological polar surface area (TPSA) is 83.4 Å². The Hall–Kier alpha value is -3.75. The van der Waals surface area contributed by atoms with E-state index in [0.717, 1.165) is 15.6 Å². The Kier molecular flexibility index (Phi) is 7.51. The number of hydrogen-bond acceptors (Lipinski definition) is 4. The first kappa shape index (κ1) is 23.4. The standard InChI is InChI=1S/C26H20BrN3O3S/c27-19-8-6-18(7-9-19)22-14-15-23(33-22)25(32)30-26(34)29-21-12-10-20(11-13-21)28-24(31)16-17-4-2-1-3-5-17/h1-15H,16H2,(H,28,31)(H2,29,30,32,34). The van der Waals surface area contributed by atoms with Gasteiger partial charge in [0.25, 0.3) is 5.91 Å². The Morgan fingerprint density at radius 2 is 1.44 bits per heavy atom. The van der Waals surface area contributed by atoms with Crippen LogP contribution in [0.3, 0.4) is 0 Å². The largest absolute Gasteiger partial charge is 0.451 e. The summed E-state index contributed by atoms with van der Waals surface area (Å²) >= 11 is 8.64. The summed E-state index contributed by atoms with van der Waals surface area (Å²) in [6.45, 7) is 0. The number of anilines is 2. The lowest BCUT2D eigenvalue weighted by molar-refractivity contribution is -0.115. The fourth-order valence-corrected chi connectivity index (χ4v) is 3.65. The first-order valence-corrected chi connectivity index (χ1v) is 11.6. The van der Waals surface area contributed by atoms with E-state index < -0.39 is 5.91 Å². The van der Waals surface area contributed by atoms with Gasteiger partial charge in [-0.3, -0.25) is 14.9 Å². The van der Waals surface area contributed by atoms with Crippen molar-refractivity contribution < 1.29 is 14.0 Å². The smallest absolute Gasteiger partial charge is 0.293 e. The van der Waals surface area contributed by atoms with Crippen molar-refractivity contribution in [3.05, 3.63) is 107 Å². The number of amides is 2. The van der Waals surface area contributed by atoms with E-state index in [0.29, 0.717) is 23.6 Å². The fraction of sp³-hybridized carbons (Fsp3) is 0.0385. The highest BCUT2D eigenvalue weighted by atomic mass is 79.9. The molecule has 0 atom stereocenters. The van der Waals surface area contributed by atoms with Crippen LogP contribution < -0.4 is 16.0 Å². The number of carbonyl (C=O) groups excluding carboxylic acids is 2. The molecule has 0 unspecified atom stereocenters. The second-order valence-electron chi connectivity index (χ2n) is 7.37. The molecular weight excluding hydrogens is 514 g/mol. The summed E-state index contributed by atoms with van der Waals surface area (Å²) in [5.74, 6) is 0.182. The van der Waals surface area contributed by atoms with Gasteiger partial charge in [0.15, 0.2) is 10.9 Å². The maximum absolute atomic E-state index is 12.5. The van der Waals surface area contributed by atoms with Crippen molar-refractivity contribution in [2.24, 2.45) is 0 Å².